The molecule has 0 unspecified atom stereocenters. The van der Waals surface area contributed by atoms with Gasteiger partial charge in [0.15, 0.2) is 0 Å². The number of ether oxygens (including phenoxy) is 1. The summed E-state index contributed by atoms with van der Waals surface area (Å²) >= 11 is 5.99. The van der Waals surface area contributed by atoms with Crippen molar-refractivity contribution in [2.24, 2.45) is 0 Å². The molecule has 0 amide bonds. The predicted molar refractivity (Wildman–Crippen MR) is 66.2 cm³/mol. The molecule has 1 aliphatic heterocycles. The topological polar surface area (TPSA) is 24.5 Å². The van der Waals surface area contributed by atoms with E-state index in [0.29, 0.717) is 5.02 Å². The summed E-state index contributed by atoms with van der Waals surface area (Å²) in [5.74, 6) is 0.759. The summed E-state index contributed by atoms with van der Waals surface area (Å²) in [5.41, 5.74) is 1.25. The van der Waals surface area contributed by atoms with Crippen molar-refractivity contribution in [1.29, 1.82) is 0 Å². The van der Waals surface area contributed by atoms with E-state index in [-0.39, 0.29) is 0 Å². The fraction of sp³-hybridized carbons (Fsp3) is 0.500. The third-order valence-corrected chi connectivity index (χ3v) is 3.14. The van der Waals surface area contributed by atoms with Gasteiger partial charge in [-0.3, -0.25) is 4.90 Å². The number of methoxy groups -OCH3 is 1. The zero-order chi connectivity index (χ0) is 11.4. The lowest BCUT2D eigenvalue weighted by atomic mass is 10.2. The molecule has 4 heteroatoms. The molecule has 1 fully saturated rings. The van der Waals surface area contributed by atoms with Gasteiger partial charge in [-0.2, -0.15) is 0 Å². The van der Waals surface area contributed by atoms with Crippen LogP contribution in [0.5, 0.6) is 5.75 Å². The van der Waals surface area contributed by atoms with Gasteiger partial charge in [0, 0.05) is 32.7 Å². The fourth-order valence-corrected chi connectivity index (χ4v) is 2.12. The Kier molecular flexibility index (Phi) is 4.04. The summed E-state index contributed by atoms with van der Waals surface area (Å²) in [4.78, 5) is 2.43. The number of hydrogen-bond donors (Lipinski definition) is 1. The maximum atomic E-state index is 5.99. The first-order valence-corrected chi connectivity index (χ1v) is 5.93. The van der Waals surface area contributed by atoms with Gasteiger partial charge in [-0.05, 0) is 17.7 Å². The maximum absolute atomic E-state index is 5.99. The Morgan fingerprint density at radius 1 is 1.38 bits per heavy atom. The van der Waals surface area contributed by atoms with Crippen LogP contribution in [-0.4, -0.2) is 38.2 Å². The summed E-state index contributed by atoms with van der Waals surface area (Å²) in [7, 11) is 1.65. The Labute approximate surface area is 101 Å². The lowest BCUT2D eigenvalue weighted by molar-refractivity contribution is 0.233. The summed E-state index contributed by atoms with van der Waals surface area (Å²) in [5, 5.41) is 4.02. The van der Waals surface area contributed by atoms with Crippen molar-refractivity contribution in [3.05, 3.63) is 28.8 Å². The summed E-state index contributed by atoms with van der Waals surface area (Å²) in [6.07, 6.45) is 0. The van der Waals surface area contributed by atoms with E-state index in [1.165, 1.54) is 5.56 Å². The van der Waals surface area contributed by atoms with E-state index in [4.69, 9.17) is 16.3 Å². The van der Waals surface area contributed by atoms with Crippen LogP contribution in [0.3, 0.4) is 0 Å². The van der Waals surface area contributed by atoms with E-state index >= 15 is 0 Å². The molecule has 1 N–H and O–H groups in total. The number of rotatable bonds is 3. The van der Waals surface area contributed by atoms with Gasteiger partial charge in [-0.25, -0.2) is 0 Å². The minimum Gasteiger partial charge on any atom is -0.495 e. The van der Waals surface area contributed by atoms with Gasteiger partial charge in [0.25, 0.3) is 0 Å². The van der Waals surface area contributed by atoms with Gasteiger partial charge < -0.3 is 10.1 Å². The summed E-state index contributed by atoms with van der Waals surface area (Å²) in [6.45, 7) is 5.32. The van der Waals surface area contributed by atoms with E-state index in [1.807, 2.05) is 12.1 Å². The molecule has 0 saturated carbocycles. The van der Waals surface area contributed by atoms with Crippen LogP contribution in [0.4, 0.5) is 0 Å². The number of halogens is 1. The molecule has 0 radical (unpaired) electrons. The van der Waals surface area contributed by atoms with Crippen LogP contribution in [0, 0.1) is 0 Å². The number of hydrogen-bond acceptors (Lipinski definition) is 3. The third-order valence-electron chi connectivity index (χ3n) is 2.83. The molecule has 1 heterocycles. The van der Waals surface area contributed by atoms with Crippen LogP contribution < -0.4 is 10.1 Å². The highest BCUT2D eigenvalue weighted by Crippen LogP contribution is 2.25. The average molecular weight is 241 g/mol. The first-order valence-electron chi connectivity index (χ1n) is 5.55. The first-order chi connectivity index (χ1) is 7.79. The fourth-order valence-electron chi connectivity index (χ4n) is 1.93. The van der Waals surface area contributed by atoms with E-state index in [0.717, 1.165) is 38.5 Å². The highest BCUT2D eigenvalue weighted by atomic mass is 35.5. The van der Waals surface area contributed by atoms with Crippen molar-refractivity contribution in [2.45, 2.75) is 6.54 Å². The zero-order valence-corrected chi connectivity index (χ0v) is 10.3. The van der Waals surface area contributed by atoms with Crippen molar-refractivity contribution < 1.29 is 4.74 Å². The molecule has 88 valence electrons. The van der Waals surface area contributed by atoms with Gasteiger partial charge >= 0.3 is 0 Å². The van der Waals surface area contributed by atoms with Crippen molar-refractivity contribution >= 4 is 11.6 Å². The molecule has 16 heavy (non-hydrogen) atoms. The van der Waals surface area contributed by atoms with Gasteiger partial charge in [-0.15, -0.1) is 0 Å². The lowest BCUT2D eigenvalue weighted by Crippen LogP contribution is -2.42. The second-order valence-electron chi connectivity index (χ2n) is 4.00. The first kappa shape index (κ1) is 11.7. The smallest absolute Gasteiger partial charge is 0.137 e. The van der Waals surface area contributed by atoms with Crippen molar-refractivity contribution in [3.63, 3.8) is 0 Å². The summed E-state index contributed by atoms with van der Waals surface area (Å²) in [6, 6.07) is 5.98. The van der Waals surface area contributed by atoms with Crippen molar-refractivity contribution in [2.75, 3.05) is 33.3 Å². The second-order valence-corrected chi connectivity index (χ2v) is 4.40. The van der Waals surface area contributed by atoms with Gasteiger partial charge in [0.2, 0.25) is 0 Å². The number of piperazine rings is 1. The molecule has 0 spiro atoms. The predicted octanol–water partition coefficient (Wildman–Crippen LogP) is 1.75. The lowest BCUT2D eigenvalue weighted by Gasteiger charge is -2.27. The Hall–Kier alpha value is -0.770. The SMILES string of the molecule is COc1cc(CN2CCNCC2)ccc1Cl. The Balaban J connectivity index is 2.03. The number of benzene rings is 1. The Morgan fingerprint density at radius 2 is 2.12 bits per heavy atom. The minimum atomic E-state index is 0.673. The molecular weight excluding hydrogens is 224 g/mol. The van der Waals surface area contributed by atoms with Crippen LogP contribution >= 0.6 is 11.6 Å². The minimum absolute atomic E-state index is 0.673. The van der Waals surface area contributed by atoms with Crippen molar-refractivity contribution in [3.8, 4) is 5.75 Å². The van der Waals surface area contributed by atoms with Crippen LogP contribution in [0.2, 0.25) is 5.02 Å². The van der Waals surface area contributed by atoms with E-state index in [1.54, 1.807) is 7.11 Å². The largest absolute Gasteiger partial charge is 0.495 e. The molecule has 2 rings (SSSR count). The monoisotopic (exact) mass is 240 g/mol. The highest BCUT2D eigenvalue weighted by molar-refractivity contribution is 6.32. The molecule has 0 bridgehead atoms. The molecule has 0 atom stereocenters. The third kappa shape index (κ3) is 2.88. The molecule has 1 aromatic carbocycles. The van der Waals surface area contributed by atoms with Crippen LogP contribution in [0.15, 0.2) is 18.2 Å². The number of nitrogens with zero attached hydrogens (tertiary/aromatic N) is 1. The van der Waals surface area contributed by atoms with Gasteiger partial charge in [0.05, 0.1) is 12.1 Å². The van der Waals surface area contributed by atoms with Gasteiger partial charge in [-0.1, -0.05) is 17.7 Å². The van der Waals surface area contributed by atoms with E-state index in [9.17, 15) is 0 Å². The normalized spacial score (nSPS) is 17.4. The second kappa shape index (κ2) is 5.53. The van der Waals surface area contributed by atoms with Crippen LogP contribution in [0.25, 0.3) is 0 Å². The molecule has 1 saturated heterocycles. The molecule has 0 aromatic heterocycles. The van der Waals surface area contributed by atoms with Crippen LogP contribution in [-0.2, 0) is 6.54 Å². The zero-order valence-electron chi connectivity index (χ0n) is 9.50. The van der Waals surface area contributed by atoms with Crippen molar-refractivity contribution in [1.82, 2.24) is 10.2 Å². The quantitative estimate of drug-likeness (QED) is 0.872. The molecule has 1 aliphatic rings. The van der Waals surface area contributed by atoms with E-state index < -0.39 is 0 Å². The highest BCUT2D eigenvalue weighted by Gasteiger charge is 2.10. The molecule has 0 aliphatic carbocycles. The van der Waals surface area contributed by atoms with Gasteiger partial charge in [0.1, 0.15) is 5.75 Å². The maximum Gasteiger partial charge on any atom is 0.137 e. The number of nitrogens with one attached hydrogen (secondary N) is 1. The molecular formula is C12H17ClN2O. The van der Waals surface area contributed by atoms with Crippen LogP contribution in [0.1, 0.15) is 5.56 Å². The van der Waals surface area contributed by atoms with E-state index in [2.05, 4.69) is 16.3 Å². The summed E-state index contributed by atoms with van der Waals surface area (Å²) < 4.78 is 5.21. The Morgan fingerprint density at radius 3 is 2.81 bits per heavy atom. The standard InChI is InChI=1S/C12H17ClN2O/c1-16-12-8-10(2-3-11(12)13)9-15-6-4-14-5-7-15/h2-3,8,14H,4-7,9H2,1H3. The average Bonchev–Trinajstić information content (AvgIpc) is 2.33. The molecule has 1 aromatic rings. The molecule has 3 nitrogen and oxygen atoms in total. The Bertz CT molecular complexity index is 351.